The average molecular weight is 164 g/mol. The number of piperidine rings is 1. The van der Waals surface area contributed by atoms with Gasteiger partial charge >= 0.3 is 84.9 Å². The number of nitrogens with two attached hydrogens (primary N) is 1. The van der Waals surface area contributed by atoms with Crippen molar-refractivity contribution in [1.82, 2.24) is 4.90 Å². The van der Waals surface area contributed by atoms with E-state index in [0.717, 1.165) is 25.9 Å². The van der Waals surface area contributed by atoms with Crippen LogP contribution in [0.5, 0.6) is 0 Å². The fourth-order valence-corrected chi connectivity index (χ4v) is 2.17. The molecule has 1 heterocycles. The molecular formula is C7H13N2NaO. The molecule has 0 bridgehead atoms. The van der Waals surface area contributed by atoms with Gasteiger partial charge in [-0.3, -0.25) is 0 Å². The van der Waals surface area contributed by atoms with Crippen LogP contribution in [0.25, 0.3) is 0 Å². The molecule has 0 saturated carbocycles. The SMILES string of the molecule is NC(=O)C1CCN([CH2][Na])CC1. The summed E-state index contributed by atoms with van der Waals surface area (Å²) in [6, 6.07) is 0. The van der Waals surface area contributed by atoms with E-state index in [0.29, 0.717) is 0 Å². The second-order valence-electron chi connectivity index (χ2n) is 3.11. The molecule has 1 fully saturated rings. The Labute approximate surface area is 84.7 Å². The molecule has 11 heavy (non-hydrogen) atoms. The first-order chi connectivity index (χ1) is 5.24. The predicted molar refractivity (Wildman–Crippen MR) is 44.1 cm³/mol. The molecule has 1 amide bonds. The Hall–Kier alpha value is 0.430. The van der Waals surface area contributed by atoms with Crippen LogP contribution in [0, 0.1) is 5.92 Å². The fraction of sp³-hybridized carbons (Fsp3) is 0.857. The first-order valence-corrected chi connectivity index (χ1v) is 5.67. The van der Waals surface area contributed by atoms with E-state index >= 15 is 0 Å². The summed E-state index contributed by atoms with van der Waals surface area (Å²) in [6.07, 6.45) is 1.94. The molecule has 0 radical (unpaired) electrons. The van der Waals surface area contributed by atoms with Crippen molar-refractivity contribution in [3.8, 4) is 0 Å². The summed E-state index contributed by atoms with van der Waals surface area (Å²) in [5, 5.41) is 0. The van der Waals surface area contributed by atoms with Crippen LogP contribution in [0.2, 0.25) is 0 Å². The van der Waals surface area contributed by atoms with Crippen molar-refractivity contribution in [3.63, 3.8) is 0 Å². The van der Waals surface area contributed by atoms with E-state index in [1.54, 1.807) is 0 Å². The van der Waals surface area contributed by atoms with Crippen LogP contribution in [0.15, 0.2) is 0 Å². The second kappa shape index (κ2) is 4.45. The number of hydrogen-bond acceptors (Lipinski definition) is 2. The van der Waals surface area contributed by atoms with E-state index in [1.807, 2.05) is 0 Å². The minimum atomic E-state index is -0.113. The Bertz CT molecular complexity index is 143. The third kappa shape index (κ3) is 2.75. The topological polar surface area (TPSA) is 46.3 Å². The molecule has 0 aliphatic carbocycles. The Morgan fingerprint density at radius 1 is 1.55 bits per heavy atom. The molecule has 0 aromatic rings. The van der Waals surface area contributed by atoms with Gasteiger partial charge < -0.3 is 0 Å². The summed E-state index contributed by atoms with van der Waals surface area (Å²) in [6.45, 7) is 2.13. The zero-order chi connectivity index (χ0) is 8.27. The van der Waals surface area contributed by atoms with Gasteiger partial charge in [-0.2, -0.15) is 0 Å². The van der Waals surface area contributed by atoms with Gasteiger partial charge in [0.25, 0.3) is 0 Å². The van der Waals surface area contributed by atoms with Gasteiger partial charge in [0.2, 0.25) is 0 Å². The third-order valence-corrected chi connectivity index (χ3v) is 3.33. The number of hydrogen-bond donors (Lipinski definition) is 1. The van der Waals surface area contributed by atoms with Crippen molar-refractivity contribution < 1.29 is 4.79 Å². The van der Waals surface area contributed by atoms with Gasteiger partial charge in [-0.1, -0.05) is 0 Å². The van der Waals surface area contributed by atoms with Crippen molar-refractivity contribution in [2.75, 3.05) is 16.9 Å². The summed E-state index contributed by atoms with van der Waals surface area (Å²) in [5.41, 5.74) is 5.21. The number of rotatable bonds is 2. The third-order valence-electron chi connectivity index (χ3n) is 2.44. The van der Waals surface area contributed by atoms with Crippen molar-refractivity contribution in [3.05, 3.63) is 0 Å². The van der Waals surface area contributed by atoms with Crippen molar-refractivity contribution >= 4 is 33.8 Å². The standard InChI is InChI=1S/C7H13N2O.Na/c1-9-4-2-6(3-5-9)7(8)10;/h6H,1-5H2,(H2,8,10);. The van der Waals surface area contributed by atoms with Gasteiger partial charge in [0.1, 0.15) is 0 Å². The normalized spacial score (nSPS) is 22.0. The van der Waals surface area contributed by atoms with Gasteiger partial charge in [0.15, 0.2) is 0 Å². The average Bonchev–Trinajstić information content (AvgIpc) is 2.05. The van der Waals surface area contributed by atoms with Gasteiger partial charge in [-0.15, -0.1) is 0 Å². The summed E-state index contributed by atoms with van der Waals surface area (Å²) < 4.78 is 1.23. The maximum atomic E-state index is 10.8. The number of amides is 1. The molecule has 3 nitrogen and oxygen atoms in total. The Morgan fingerprint density at radius 3 is 2.45 bits per heavy atom. The summed E-state index contributed by atoms with van der Waals surface area (Å²) >= 11 is 1.23. The van der Waals surface area contributed by atoms with E-state index in [1.165, 1.54) is 31.7 Å². The Kier molecular flexibility index (Phi) is 3.85. The quantitative estimate of drug-likeness (QED) is 0.549. The first kappa shape index (κ1) is 9.52. The van der Waals surface area contributed by atoms with Gasteiger partial charge in [0.05, 0.1) is 0 Å². The second-order valence-corrected chi connectivity index (χ2v) is 3.74. The zero-order valence-corrected chi connectivity index (χ0v) is 9.05. The molecule has 1 saturated heterocycles. The molecule has 0 spiro atoms. The zero-order valence-electron chi connectivity index (χ0n) is 7.05. The van der Waals surface area contributed by atoms with Crippen molar-refractivity contribution in [1.29, 1.82) is 0 Å². The van der Waals surface area contributed by atoms with Crippen LogP contribution < -0.4 is 5.73 Å². The summed E-state index contributed by atoms with van der Waals surface area (Å²) in [7, 11) is 0. The van der Waals surface area contributed by atoms with Gasteiger partial charge in [-0.05, 0) is 0 Å². The molecule has 1 aliphatic heterocycles. The van der Waals surface area contributed by atoms with Gasteiger partial charge in [-0.25, -0.2) is 0 Å². The first-order valence-electron chi connectivity index (χ1n) is 4.25. The predicted octanol–water partition coefficient (Wildman–Crippen LogP) is -0.690. The molecule has 2 N–H and O–H groups in total. The molecule has 58 valence electrons. The van der Waals surface area contributed by atoms with E-state index in [-0.39, 0.29) is 11.8 Å². The Morgan fingerprint density at radius 2 is 2.09 bits per heavy atom. The van der Waals surface area contributed by atoms with Crippen LogP contribution >= 0.6 is 0 Å². The number of nitrogens with zero attached hydrogens (tertiary/aromatic N) is 1. The van der Waals surface area contributed by atoms with E-state index in [4.69, 9.17) is 5.73 Å². The molecule has 4 heteroatoms. The fourth-order valence-electron chi connectivity index (χ4n) is 1.53. The molecule has 0 unspecified atom stereocenters. The van der Waals surface area contributed by atoms with Crippen LogP contribution in [0.1, 0.15) is 12.8 Å². The number of carbonyl (C=O) groups is 1. The maximum absolute atomic E-state index is 10.8. The molecular weight excluding hydrogens is 151 g/mol. The van der Waals surface area contributed by atoms with Gasteiger partial charge in [0, 0.05) is 0 Å². The number of carbonyl (C=O) groups excluding carboxylic acids is 1. The number of primary amides is 1. The van der Waals surface area contributed by atoms with Crippen molar-refractivity contribution in [2.45, 2.75) is 12.8 Å². The molecule has 0 aromatic heterocycles. The minimum absolute atomic E-state index is 0.113. The molecule has 1 aliphatic rings. The monoisotopic (exact) mass is 164 g/mol. The Balaban J connectivity index is 2.30. The van der Waals surface area contributed by atoms with E-state index < -0.39 is 0 Å². The number of likely N-dealkylation sites (tertiary alicyclic amines) is 1. The summed E-state index contributed by atoms with van der Waals surface area (Å²) in [4.78, 5) is 13.2. The van der Waals surface area contributed by atoms with E-state index in [9.17, 15) is 4.79 Å². The van der Waals surface area contributed by atoms with Crippen LogP contribution in [0.4, 0.5) is 0 Å². The summed E-state index contributed by atoms with van der Waals surface area (Å²) in [5.74, 6) is 0.0393. The molecule has 1 rings (SSSR count). The van der Waals surface area contributed by atoms with E-state index in [2.05, 4.69) is 4.90 Å². The molecule has 0 aromatic carbocycles. The van der Waals surface area contributed by atoms with Crippen LogP contribution in [-0.2, 0) is 4.79 Å². The van der Waals surface area contributed by atoms with Crippen LogP contribution in [-0.4, -0.2) is 55.6 Å². The molecule has 0 atom stereocenters. The van der Waals surface area contributed by atoms with Crippen LogP contribution in [0.3, 0.4) is 0 Å². The van der Waals surface area contributed by atoms with Crippen molar-refractivity contribution in [2.24, 2.45) is 11.7 Å².